The van der Waals surface area contributed by atoms with E-state index in [4.69, 9.17) is 0 Å². The number of nitrogens with one attached hydrogen (secondary N) is 3. The van der Waals surface area contributed by atoms with E-state index in [-0.39, 0.29) is 18.4 Å². The third-order valence-electron chi connectivity index (χ3n) is 5.12. The normalized spacial score (nSPS) is 14.1. The molecule has 9 heteroatoms. The molecule has 1 unspecified atom stereocenters. The second kappa shape index (κ2) is 8.35. The molecule has 1 aliphatic rings. The molecular formula is C22H20F3N5O. The highest BCUT2D eigenvalue weighted by molar-refractivity contribution is 5.99. The highest BCUT2D eigenvalue weighted by Gasteiger charge is 2.30. The van der Waals surface area contributed by atoms with E-state index in [1.54, 1.807) is 13.2 Å². The minimum absolute atomic E-state index is 0.131. The van der Waals surface area contributed by atoms with Crippen molar-refractivity contribution in [3.8, 4) is 11.3 Å². The summed E-state index contributed by atoms with van der Waals surface area (Å²) >= 11 is 0. The largest absolute Gasteiger partial charge is 0.416 e. The number of aromatic nitrogens is 2. The lowest BCUT2D eigenvalue weighted by Gasteiger charge is -2.18. The molecule has 3 N–H and O–H groups in total. The minimum Gasteiger partial charge on any atom is -0.352 e. The van der Waals surface area contributed by atoms with Crippen LogP contribution >= 0.6 is 0 Å². The minimum atomic E-state index is -4.37. The predicted octanol–water partition coefficient (Wildman–Crippen LogP) is 4.03. The Hall–Kier alpha value is -3.46. The van der Waals surface area contributed by atoms with Gasteiger partial charge in [-0.15, -0.1) is 0 Å². The molecule has 0 saturated heterocycles. The average molecular weight is 427 g/mol. The zero-order chi connectivity index (χ0) is 22.0. The van der Waals surface area contributed by atoms with Crippen LogP contribution in [0.15, 0.2) is 54.7 Å². The maximum absolute atomic E-state index is 12.8. The lowest BCUT2D eigenvalue weighted by molar-refractivity contribution is -0.137. The number of anilines is 2. The van der Waals surface area contributed by atoms with E-state index >= 15 is 0 Å². The van der Waals surface area contributed by atoms with Crippen LogP contribution in [0, 0.1) is 0 Å². The number of fused-ring (bicyclic) bond motifs is 3. The quantitative estimate of drug-likeness (QED) is 0.573. The summed E-state index contributed by atoms with van der Waals surface area (Å²) in [4.78, 5) is 21.0. The van der Waals surface area contributed by atoms with Gasteiger partial charge in [0.15, 0.2) is 0 Å². The molecule has 0 aliphatic carbocycles. The summed E-state index contributed by atoms with van der Waals surface area (Å²) in [7, 11) is 1.73. The van der Waals surface area contributed by atoms with Gasteiger partial charge in [0.2, 0.25) is 11.9 Å². The van der Waals surface area contributed by atoms with E-state index in [1.807, 2.05) is 24.3 Å². The van der Waals surface area contributed by atoms with Crippen LogP contribution in [0.1, 0.15) is 22.7 Å². The fourth-order valence-corrected chi connectivity index (χ4v) is 3.50. The average Bonchev–Trinajstić information content (AvgIpc) is 2.89. The number of hydrogen-bond acceptors (Lipinski definition) is 5. The van der Waals surface area contributed by atoms with Gasteiger partial charge >= 0.3 is 6.18 Å². The number of carbonyl (C=O) groups is 1. The predicted molar refractivity (Wildman–Crippen MR) is 112 cm³/mol. The van der Waals surface area contributed by atoms with Gasteiger partial charge in [-0.2, -0.15) is 13.2 Å². The van der Waals surface area contributed by atoms with E-state index in [2.05, 4.69) is 25.9 Å². The van der Waals surface area contributed by atoms with Crippen molar-refractivity contribution in [2.45, 2.75) is 18.6 Å². The van der Waals surface area contributed by atoms with E-state index < -0.39 is 11.7 Å². The number of halogens is 3. The molecule has 4 rings (SSSR count). The molecule has 1 amide bonds. The highest BCUT2D eigenvalue weighted by atomic mass is 19.4. The summed E-state index contributed by atoms with van der Waals surface area (Å²) in [6.45, 7) is 0.361. The summed E-state index contributed by atoms with van der Waals surface area (Å²) in [5.74, 6) is 0.239. The van der Waals surface area contributed by atoms with Crippen LogP contribution < -0.4 is 16.0 Å². The van der Waals surface area contributed by atoms with Crippen molar-refractivity contribution in [2.24, 2.45) is 0 Å². The van der Waals surface area contributed by atoms with Crippen molar-refractivity contribution in [3.05, 3.63) is 71.4 Å². The smallest absolute Gasteiger partial charge is 0.352 e. The Kier molecular flexibility index (Phi) is 5.60. The van der Waals surface area contributed by atoms with Crippen molar-refractivity contribution in [1.82, 2.24) is 15.3 Å². The van der Waals surface area contributed by atoms with E-state index in [0.29, 0.717) is 29.4 Å². The van der Waals surface area contributed by atoms with Gasteiger partial charge in [0.1, 0.15) is 0 Å². The van der Waals surface area contributed by atoms with Gasteiger partial charge in [-0.05, 0) is 30.8 Å². The molecule has 0 spiro atoms. The molecule has 1 aliphatic heterocycles. The van der Waals surface area contributed by atoms with Crippen molar-refractivity contribution in [3.63, 3.8) is 0 Å². The van der Waals surface area contributed by atoms with Crippen molar-refractivity contribution in [2.75, 3.05) is 24.2 Å². The molecule has 1 atom stereocenters. The number of likely N-dealkylation sites (N-methyl/N-ethyl adjacent to an activating group) is 1. The zero-order valence-electron chi connectivity index (χ0n) is 16.6. The molecule has 2 heterocycles. The van der Waals surface area contributed by atoms with Crippen LogP contribution in [0.2, 0.25) is 0 Å². The molecule has 2 aromatic carbocycles. The number of rotatable bonds is 5. The molecular weight excluding hydrogens is 407 g/mol. The Labute approximate surface area is 176 Å². The lowest BCUT2D eigenvalue weighted by atomic mass is 10.0. The Morgan fingerprint density at radius 1 is 1.13 bits per heavy atom. The molecule has 1 aromatic heterocycles. The van der Waals surface area contributed by atoms with Crippen LogP contribution in [0.5, 0.6) is 0 Å². The van der Waals surface area contributed by atoms with Gasteiger partial charge in [0, 0.05) is 29.9 Å². The summed E-state index contributed by atoms with van der Waals surface area (Å²) in [6, 6.07) is 12.2. The van der Waals surface area contributed by atoms with Crippen LogP contribution in [-0.4, -0.2) is 29.5 Å². The first kappa shape index (κ1) is 20.8. The van der Waals surface area contributed by atoms with Gasteiger partial charge in [-0.25, -0.2) is 9.97 Å². The summed E-state index contributed by atoms with van der Waals surface area (Å²) in [6.07, 6.45) is -2.57. The van der Waals surface area contributed by atoms with Crippen LogP contribution in [-0.2, 0) is 17.4 Å². The van der Waals surface area contributed by atoms with Gasteiger partial charge in [0.05, 0.1) is 23.4 Å². The highest BCUT2D eigenvalue weighted by Crippen LogP contribution is 2.33. The molecule has 160 valence electrons. The molecule has 3 aromatic rings. The van der Waals surface area contributed by atoms with Gasteiger partial charge in [0.25, 0.3) is 0 Å². The van der Waals surface area contributed by atoms with E-state index in [0.717, 1.165) is 23.3 Å². The Bertz CT molecular complexity index is 1100. The third-order valence-corrected chi connectivity index (χ3v) is 5.12. The maximum Gasteiger partial charge on any atom is 0.416 e. The maximum atomic E-state index is 12.8. The molecule has 0 fully saturated rings. The van der Waals surface area contributed by atoms with E-state index in [1.165, 1.54) is 12.1 Å². The number of carbonyl (C=O) groups excluding carboxylic acids is 1. The van der Waals surface area contributed by atoms with Crippen molar-refractivity contribution in [1.29, 1.82) is 0 Å². The molecule has 0 radical (unpaired) electrons. The SMILES string of the molecule is CNC(CNc1ncc2c(n1)-c1ccccc1NC(=O)C2)c1ccc(C(F)(F)F)cc1. The van der Waals surface area contributed by atoms with Crippen molar-refractivity contribution >= 4 is 17.5 Å². The molecule has 31 heavy (non-hydrogen) atoms. The van der Waals surface area contributed by atoms with Crippen LogP contribution in [0.25, 0.3) is 11.3 Å². The molecule has 0 bridgehead atoms. The van der Waals surface area contributed by atoms with Gasteiger partial charge in [-0.3, -0.25) is 4.79 Å². The monoisotopic (exact) mass is 427 g/mol. The summed E-state index contributed by atoms with van der Waals surface area (Å²) in [5.41, 5.74) is 2.91. The first-order chi connectivity index (χ1) is 14.8. The molecule has 0 saturated carbocycles. The second-order valence-corrected chi connectivity index (χ2v) is 7.18. The summed E-state index contributed by atoms with van der Waals surface area (Å²) < 4.78 is 38.4. The third kappa shape index (κ3) is 4.51. The number of alkyl halides is 3. The fourth-order valence-electron chi connectivity index (χ4n) is 3.50. The standard InChI is InChI=1S/C22H20F3N5O/c1-26-18(13-6-8-15(9-7-13)22(23,24)25)12-28-21-27-11-14-10-19(31)29-17-5-3-2-4-16(17)20(14)30-21/h2-9,11,18,26H,10,12H2,1H3,(H,29,31)(H,27,28,30). The van der Waals surface area contributed by atoms with Gasteiger partial charge in [-0.1, -0.05) is 30.3 Å². The second-order valence-electron chi connectivity index (χ2n) is 7.18. The number of nitrogens with zero attached hydrogens (tertiary/aromatic N) is 2. The Balaban J connectivity index is 1.54. The first-order valence-corrected chi connectivity index (χ1v) is 9.68. The first-order valence-electron chi connectivity index (χ1n) is 9.68. The number of amides is 1. The zero-order valence-corrected chi connectivity index (χ0v) is 16.6. The van der Waals surface area contributed by atoms with Gasteiger partial charge < -0.3 is 16.0 Å². The number of hydrogen-bond donors (Lipinski definition) is 3. The summed E-state index contributed by atoms with van der Waals surface area (Å²) in [5, 5.41) is 9.09. The van der Waals surface area contributed by atoms with Crippen LogP contribution in [0.4, 0.5) is 24.8 Å². The van der Waals surface area contributed by atoms with E-state index in [9.17, 15) is 18.0 Å². The number of benzene rings is 2. The van der Waals surface area contributed by atoms with Crippen LogP contribution in [0.3, 0.4) is 0 Å². The Morgan fingerprint density at radius 3 is 2.58 bits per heavy atom. The number of para-hydroxylation sites is 1. The molecule has 6 nitrogen and oxygen atoms in total. The van der Waals surface area contributed by atoms with Crippen molar-refractivity contribution < 1.29 is 18.0 Å². The fraction of sp³-hybridized carbons (Fsp3) is 0.227. The Morgan fingerprint density at radius 2 is 1.87 bits per heavy atom. The topological polar surface area (TPSA) is 78.9 Å². The lowest BCUT2D eigenvalue weighted by Crippen LogP contribution is -2.25.